The number of aldehydes is 1. The Balaban J connectivity index is 2.36. The molecular weight excluding hydrogens is 190 g/mol. The van der Waals surface area contributed by atoms with Gasteiger partial charge < -0.3 is 4.90 Å². The van der Waals surface area contributed by atoms with Crippen molar-refractivity contribution in [2.45, 2.75) is 26.2 Å². The van der Waals surface area contributed by atoms with Gasteiger partial charge in [-0.15, -0.1) is 0 Å². The summed E-state index contributed by atoms with van der Waals surface area (Å²) in [6.07, 6.45) is 5.65. The van der Waals surface area contributed by atoms with E-state index in [2.05, 4.69) is 14.9 Å². The van der Waals surface area contributed by atoms with E-state index in [-0.39, 0.29) is 0 Å². The third kappa shape index (κ3) is 1.98. The van der Waals surface area contributed by atoms with Crippen molar-refractivity contribution in [3.63, 3.8) is 0 Å². The van der Waals surface area contributed by atoms with Crippen LogP contribution in [-0.2, 0) is 6.42 Å². The Morgan fingerprint density at radius 2 is 2.20 bits per heavy atom. The SMILES string of the molecule is CCc1ncc(C=O)c(N2CCCC2)n1. The van der Waals surface area contributed by atoms with Crippen LogP contribution >= 0.6 is 0 Å². The van der Waals surface area contributed by atoms with E-state index in [1.165, 1.54) is 12.8 Å². The molecule has 0 saturated carbocycles. The van der Waals surface area contributed by atoms with Crippen molar-refractivity contribution < 1.29 is 4.79 Å². The molecule has 4 nitrogen and oxygen atoms in total. The molecule has 1 aliphatic rings. The van der Waals surface area contributed by atoms with Crippen molar-refractivity contribution in [2.75, 3.05) is 18.0 Å². The third-order valence-electron chi connectivity index (χ3n) is 2.69. The van der Waals surface area contributed by atoms with Crippen LogP contribution in [0.3, 0.4) is 0 Å². The van der Waals surface area contributed by atoms with Crippen molar-refractivity contribution in [3.05, 3.63) is 17.6 Å². The van der Waals surface area contributed by atoms with Crippen LogP contribution in [0.15, 0.2) is 6.20 Å². The second kappa shape index (κ2) is 4.38. The van der Waals surface area contributed by atoms with E-state index in [4.69, 9.17) is 0 Å². The maximum absolute atomic E-state index is 10.9. The molecule has 1 aromatic rings. The Morgan fingerprint density at radius 1 is 1.47 bits per heavy atom. The molecule has 80 valence electrons. The molecular formula is C11H15N3O. The molecule has 2 heterocycles. The highest BCUT2D eigenvalue weighted by Gasteiger charge is 2.17. The highest BCUT2D eigenvalue weighted by atomic mass is 16.1. The van der Waals surface area contributed by atoms with E-state index in [9.17, 15) is 4.79 Å². The molecule has 2 rings (SSSR count). The normalized spacial score (nSPS) is 15.7. The molecule has 1 saturated heterocycles. The minimum Gasteiger partial charge on any atom is -0.356 e. The van der Waals surface area contributed by atoms with Crippen LogP contribution in [0, 0.1) is 0 Å². The minimum atomic E-state index is 0.606. The zero-order valence-electron chi connectivity index (χ0n) is 8.94. The predicted molar refractivity (Wildman–Crippen MR) is 58.2 cm³/mol. The van der Waals surface area contributed by atoms with Gasteiger partial charge in [0.15, 0.2) is 6.29 Å². The smallest absolute Gasteiger partial charge is 0.155 e. The van der Waals surface area contributed by atoms with Gasteiger partial charge >= 0.3 is 0 Å². The molecule has 0 spiro atoms. The van der Waals surface area contributed by atoms with Gasteiger partial charge in [-0.25, -0.2) is 9.97 Å². The zero-order chi connectivity index (χ0) is 10.7. The van der Waals surface area contributed by atoms with Crippen LogP contribution in [0.25, 0.3) is 0 Å². The van der Waals surface area contributed by atoms with E-state index >= 15 is 0 Å². The van der Waals surface area contributed by atoms with Gasteiger partial charge in [-0.2, -0.15) is 0 Å². The van der Waals surface area contributed by atoms with Gasteiger partial charge in [0.05, 0.1) is 5.56 Å². The summed E-state index contributed by atoms with van der Waals surface area (Å²) in [7, 11) is 0. The first-order chi connectivity index (χ1) is 7.35. The van der Waals surface area contributed by atoms with Crippen LogP contribution in [-0.4, -0.2) is 29.3 Å². The minimum absolute atomic E-state index is 0.606. The monoisotopic (exact) mass is 205 g/mol. The van der Waals surface area contributed by atoms with Crippen LogP contribution < -0.4 is 4.90 Å². The molecule has 0 aromatic carbocycles. The number of hydrogen-bond donors (Lipinski definition) is 0. The van der Waals surface area contributed by atoms with Gasteiger partial charge in [-0.05, 0) is 12.8 Å². The van der Waals surface area contributed by atoms with Crippen LogP contribution in [0.4, 0.5) is 5.82 Å². The zero-order valence-corrected chi connectivity index (χ0v) is 8.94. The summed E-state index contributed by atoms with van der Waals surface area (Å²) in [4.78, 5) is 21.6. The van der Waals surface area contributed by atoms with Crippen molar-refractivity contribution in [2.24, 2.45) is 0 Å². The number of carbonyl (C=O) groups excluding carboxylic acids is 1. The lowest BCUT2D eigenvalue weighted by molar-refractivity contribution is 0.112. The number of anilines is 1. The lowest BCUT2D eigenvalue weighted by atomic mass is 10.3. The van der Waals surface area contributed by atoms with E-state index in [0.29, 0.717) is 5.56 Å². The van der Waals surface area contributed by atoms with E-state index in [1.54, 1.807) is 6.20 Å². The number of aromatic nitrogens is 2. The molecule has 0 bridgehead atoms. The molecule has 1 aromatic heterocycles. The van der Waals surface area contributed by atoms with Crippen LogP contribution in [0.2, 0.25) is 0 Å². The summed E-state index contributed by atoms with van der Waals surface area (Å²) in [5, 5.41) is 0. The van der Waals surface area contributed by atoms with Gasteiger partial charge in [0.25, 0.3) is 0 Å². The molecule has 1 fully saturated rings. The average Bonchev–Trinajstić information content (AvgIpc) is 2.81. The second-order valence-corrected chi connectivity index (χ2v) is 3.73. The van der Waals surface area contributed by atoms with E-state index in [0.717, 1.165) is 37.4 Å². The molecule has 0 N–H and O–H groups in total. The fourth-order valence-electron chi connectivity index (χ4n) is 1.85. The molecule has 15 heavy (non-hydrogen) atoms. The maximum atomic E-state index is 10.9. The molecule has 0 aliphatic carbocycles. The molecule has 4 heteroatoms. The third-order valence-corrected chi connectivity index (χ3v) is 2.69. The van der Waals surface area contributed by atoms with Gasteiger partial charge in [0.2, 0.25) is 0 Å². The Bertz CT molecular complexity index is 359. The predicted octanol–water partition coefficient (Wildman–Crippen LogP) is 1.45. The van der Waals surface area contributed by atoms with Crippen LogP contribution in [0.1, 0.15) is 35.9 Å². The fourth-order valence-corrected chi connectivity index (χ4v) is 1.85. The van der Waals surface area contributed by atoms with Gasteiger partial charge in [0, 0.05) is 25.7 Å². The number of rotatable bonds is 3. The first-order valence-electron chi connectivity index (χ1n) is 5.41. The summed E-state index contributed by atoms with van der Waals surface area (Å²) < 4.78 is 0. The Kier molecular flexibility index (Phi) is 2.94. The summed E-state index contributed by atoms with van der Waals surface area (Å²) in [5.41, 5.74) is 0.606. The quantitative estimate of drug-likeness (QED) is 0.701. The first-order valence-corrected chi connectivity index (χ1v) is 5.41. The Labute approximate surface area is 89.3 Å². The summed E-state index contributed by atoms with van der Waals surface area (Å²) in [6, 6.07) is 0. The highest BCUT2D eigenvalue weighted by Crippen LogP contribution is 2.20. The van der Waals surface area contributed by atoms with E-state index in [1.807, 2.05) is 6.92 Å². The van der Waals surface area contributed by atoms with E-state index < -0.39 is 0 Å². The molecule has 0 atom stereocenters. The number of aryl methyl sites for hydroxylation is 1. The standard InChI is InChI=1S/C11H15N3O/c1-2-10-12-7-9(8-15)11(13-10)14-5-3-4-6-14/h7-8H,2-6H2,1H3. The molecule has 1 aliphatic heterocycles. The number of hydrogen-bond acceptors (Lipinski definition) is 4. The van der Waals surface area contributed by atoms with Gasteiger partial charge in [-0.1, -0.05) is 6.92 Å². The van der Waals surface area contributed by atoms with Crippen molar-refractivity contribution in [3.8, 4) is 0 Å². The maximum Gasteiger partial charge on any atom is 0.155 e. The topological polar surface area (TPSA) is 46.1 Å². The average molecular weight is 205 g/mol. The van der Waals surface area contributed by atoms with Gasteiger partial charge in [0.1, 0.15) is 11.6 Å². The van der Waals surface area contributed by atoms with Gasteiger partial charge in [-0.3, -0.25) is 4.79 Å². The second-order valence-electron chi connectivity index (χ2n) is 3.73. The first kappa shape index (κ1) is 10.1. The van der Waals surface area contributed by atoms with Crippen molar-refractivity contribution in [1.82, 2.24) is 9.97 Å². The van der Waals surface area contributed by atoms with Crippen molar-refractivity contribution >= 4 is 12.1 Å². The number of nitrogens with zero attached hydrogens (tertiary/aromatic N) is 3. The fraction of sp³-hybridized carbons (Fsp3) is 0.545. The molecule has 0 amide bonds. The summed E-state index contributed by atoms with van der Waals surface area (Å²) >= 11 is 0. The summed E-state index contributed by atoms with van der Waals surface area (Å²) in [5.74, 6) is 1.62. The Hall–Kier alpha value is -1.45. The van der Waals surface area contributed by atoms with Crippen LogP contribution in [0.5, 0.6) is 0 Å². The largest absolute Gasteiger partial charge is 0.356 e. The van der Waals surface area contributed by atoms with Crippen molar-refractivity contribution in [1.29, 1.82) is 0 Å². The summed E-state index contributed by atoms with van der Waals surface area (Å²) in [6.45, 7) is 4.02. The highest BCUT2D eigenvalue weighted by molar-refractivity contribution is 5.82. The molecule has 0 unspecified atom stereocenters. The molecule has 0 radical (unpaired) electrons. The lowest BCUT2D eigenvalue weighted by Gasteiger charge is -2.18. The number of carbonyl (C=O) groups is 1. The Morgan fingerprint density at radius 3 is 2.80 bits per heavy atom. The lowest BCUT2D eigenvalue weighted by Crippen LogP contribution is -2.21.